The fourth-order valence-corrected chi connectivity index (χ4v) is 2.39. The van der Waals surface area contributed by atoms with Crippen molar-refractivity contribution < 1.29 is 4.74 Å². The molecule has 0 saturated carbocycles. The van der Waals surface area contributed by atoms with Crippen LogP contribution in [0.5, 0.6) is 5.75 Å². The highest BCUT2D eigenvalue weighted by Crippen LogP contribution is 2.25. The smallest absolute Gasteiger partial charge is 0.171 e. The first-order valence-corrected chi connectivity index (χ1v) is 7.28. The second-order valence-corrected chi connectivity index (χ2v) is 5.34. The van der Waals surface area contributed by atoms with E-state index < -0.39 is 0 Å². The summed E-state index contributed by atoms with van der Waals surface area (Å²) in [5.74, 6) is 0.775. The summed E-state index contributed by atoms with van der Waals surface area (Å²) in [4.78, 5) is 0. The topological polar surface area (TPSA) is 33.3 Å². The zero-order valence-corrected chi connectivity index (χ0v) is 13.3. The molecule has 0 heterocycles. The highest BCUT2D eigenvalue weighted by atomic mass is 32.1. The van der Waals surface area contributed by atoms with Crippen LogP contribution in [0, 0.1) is 6.92 Å². The highest BCUT2D eigenvalue weighted by molar-refractivity contribution is 7.80. The summed E-state index contributed by atoms with van der Waals surface area (Å²) in [6, 6.07) is 16.3. The Morgan fingerprint density at radius 2 is 1.86 bits per heavy atom. The molecule has 0 saturated heterocycles. The lowest BCUT2D eigenvalue weighted by Crippen LogP contribution is -2.31. The van der Waals surface area contributed by atoms with Gasteiger partial charge in [0.15, 0.2) is 5.11 Å². The molecule has 4 heteroatoms. The molecule has 1 unspecified atom stereocenters. The van der Waals surface area contributed by atoms with Crippen molar-refractivity contribution in [3.8, 4) is 5.75 Å². The SMILES string of the molecule is COc1ccc(C)cc1NC(=S)NC(C)c1ccccc1. The van der Waals surface area contributed by atoms with Crippen molar-refractivity contribution >= 4 is 23.0 Å². The Balaban J connectivity index is 2.04. The molecule has 2 N–H and O–H groups in total. The Hall–Kier alpha value is -2.07. The maximum absolute atomic E-state index is 5.39. The van der Waals surface area contributed by atoms with E-state index in [2.05, 4.69) is 29.7 Å². The summed E-state index contributed by atoms with van der Waals surface area (Å²) in [6.45, 7) is 4.12. The lowest BCUT2D eigenvalue weighted by Gasteiger charge is -2.18. The van der Waals surface area contributed by atoms with Gasteiger partial charge >= 0.3 is 0 Å². The molecule has 0 bridgehead atoms. The third kappa shape index (κ3) is 4.20. The predicted octanol–water partition coefficient (Wildman–Crippen LogP) is 4.05. The Morgan fingerprint density at radius 3 is 2.52 bits per heavy atom. The molecule has 0 aliphatic rings. The van der Waals surface area contributed by atoms with E-state index in [0.29, 0.717) is 5.11 Å². The van der Waals surface area contributed by atoms with E-state index in [4.69, 9.17) is 17.0 Å². The number of hydrogen-bond donors (Lipinski definition) is 2. The molecule has 0 fully saturated rings. The minimum atomic E-state index is 0.141. The van der Waals surface area contributed by atoms with Crippen LogP contribution in [-0.4, -0.2) is 12.2 Å². The van der Waals surface area contributed by atoms with Gasteiger partial charge in [-0.15, -0.1) is 0 Å². The summed E-state index contributed by atoms with van der Waals surface area (Å²) >= 11 is 5.39. The molecule has 0 spiro atoms. The van der Waals surface area contributed by atoms with Crippen LogP contribution in [0.4, 0.5) is 5.69 Å². The number of nitrogens with one attached hydrogen (secondary N) is 2. The van der Waals surface area contributed by atoms with Crippen molar-refractivity contribution in [3.63, 3.8) is 0 Å². The fraction of sp³-hybridized carbons (Fsp3) is 0.235. The van der Waals surface area contributed by atoms with Gasteiger partial charge < -0.3 is 15.4 Å². The quantitative estimate of drug-likeness (QED) is 0.835. The molecule has 0 radical (unpaired) electrons. The van der Waals surface area contributed by atoms with Crippen molar-refractivity contribution in [1.82, 2.24) is 5.32 Å². The van der Waals surface area contributed by atoms with Gasteiger partial charge in [0.05, 0.1) is 18.8 Å². The van der Waals surface area contributed by atoms with Crippen LogP contribution in [0.25, 0.3) is 0 Å². The van der Waals surface area contributed by atoms with E-state index in [1.165, 1.54) is 5.56 Å². The Morgan fingerprint density at radius 1 is 1.14 bits per heavy atom. The normalized spacial score (nSPS) is 11.6. The first-order valence-electron chi connectivity index (χ1n) is 6.87. The maximum Gasteiger partial charge on any atom is 0.171 e. The molecule has 2 aromatic rings. The molecular formula is C17H20N2OS. The number of hydrogen-bond acceptors (Lipinski definition) is 2. The molecule has 110 valence electrons. The third-order valence-corrected chi connectivity index (χ3v) is 3.47. The number of methoxy groups -OCH3 is 1. The molecular weight excluding hydrogens is 280 g/mol. The predicted molar refractivity (Wildman–Crippen MR) is 91.9 cm³/mol. The molecule has 2 rings (SSSR count). The molecule has 0 amide bonds. The van der Waals surface area contributed by atoms with E-state index >= 15 is 0 Å². The van der Waals surface area contributed by atoms with E-state index in [1.807, 2.05) is 43.3 Å². The minimum absolute atomic E-state index is 0.141. The van der Waals surface area contributed by atoms with Crippen molar-refractivity contribution in [2.45, 2.75) is 19.9 Å². The summed E-state index contributed by atoms with van der Waals surface area (Å²) in [5.41, 5.74) is 3.21. The zero-order chi connectivity index (χ0) is 15.2. The van der Waals surface area contributed by atoms with Gasteiger partial charge in [0.25, 0.3) is 0 Å². The van der Waals surface area contributed by atoms with Gasteiger partial charge in [0, 0.05) is 0 Å². The largest absolute Gasteiger partial charge is 0.495 e. The summed E-state index contributed by atoms with van der Waals surface area (Å²) < 4.78 is 5.34. The first kappa shape index (κ1) is 15.3. The average molecular weight is 300 g/mol. The number of thiocarbonyl (C=S) groups is 1. The number of anilines is 1. The van der Waals surface area contributed by atoms with E-state index in [9.17, 15) is 0 Å². The highest BCUT2D eigenvalue weighted by Gasteiger charge is 2.09. The van der Waals surface area contributed by atoms with Crippen molar-refractivity contribution in [2.75, 3.05) is 12.4 Å². The molecule has 1 atom stereocenters. The van der Waals surface area contributed by atoms with E-state index in [-0.39, 0.29) is 6.04 Å². The van der Waals surface area contributed by atoms with Crippen LogP contribution in [0.3, 0.4) is 0 Å². The molecule has 0 aromatic heterocycles. The van der Waals surface area contributed by atoms with Gasteiger partial charge in [0.2, 0.25) is 0 Å². The molecule has 0 aliphatic heterocycles. The minimum Gasteiger partial charge on any atom is -0.495 e. The van der Waals surface area contributed by atoms with Gasteiger partial charge in [-0.1, -0.05) is 36.4 Å². The zero-order valence-electron chi connectivity index (χ0n) is 12.5. The van der Waals surface area contributed by atoms with Crippen LogP contribution in [-0.2, 0) is 0 Å². The lowest BCUT2D eigenvalue weighted by molar-refractivity contribution is 0.417. The molecule has 21 heavy (non-hydrogen) atoms. The molecule has 0 aliphatic carbocycles. The van der Waals surface area contributed by atoms with Gasteiger partial charge in [0.1, 0.15) is 5.75 Å². The Labute approximate surface area is 131 Å². The van der Waals surface area contributed by atoms with Crippen LogP contribution in [0.2, 0.25) is 0 Å². The number of aryl methyl sites for hydroxylation is 1. The van der Waals surface area contributed by atoms with Crippen LogP contribution in [0.15, 0.2) is 48.5 Å². The van der Waals surface area contributed by atoms with Crippen LogP contribution < -0.4 is 15.4 Å². The van der Waals surface area contributed by atoms with Gasteiger partial charge in [-0.05, 0) is 49.3 Å². The molecule has 3 nitrogen and oxygen atoms in total. The van der Waals surface area contributed by atoms with Crippen LogP contribution >= 0.6 is 12.2 Å². The summed E-state index contributed by atoms with van der Waals surface area (Å²) in [5, 5.41) is 7.06. The van der Waals surface area contributed by atoms with E-state index in [1.54, 1.807) is 7.11 Å². The third-order valence-electron chi connectivity index (χ3n) is 3.25. The Bertz CT molecular complexity index is 613. The lowest BCUT2D eigenvalue weighted by atomic mass is 10.1. The summed E-state index contributed by atoms with van der Waals surface area (Å²) in [7, 11) is 1.65. The second kappa shape index (κ2) is 7.09. The summed E-state index contributed by atoms with van der Waals surface area (Å²) in [6.07, 6.45) is 0. The van der Waals surface area contributed by atoms with Gasteiger partial charge in [-0.3, -0.25) is 0 Å². The standard InChI is InChI=1S/C17H20N2OS/c1-12-9-10-16(20-3)15(11-12)19-17(21)18-13(2)14-7-5-4-6-8-14/h4-11,13H,1-3H3,(H2,18,19,21). The van der Waals surface area contributed by atoms with Crippen molar-refractivity contribution in [3.05, 3.63) is 59.7 Å². The van der Waals surface area contributed by atoms with Gasteiger partial charge in [-0.2, -0.15) is 0 Å². The first-order chi connectivity index (χ1) is 10.1. The maximum atomic E-state index is 5.39. The molecule has 2 aromatic carbocycles. The Kier molecular flexibility index (Phi) is 5.17. The van der Waals surface area contributed by atoms with E-state index in [0.717, 1.165) is 17.0 Å². The van der Waals surface area contributed by atoms with Crippen LogP contribution in [0.1, 0.15) is 24.1 Å². The van der Waals surface area contributed by atoms with Crippen molar-refractivity contribution in [1.29, 1.82) is 0 Å². The second-order valence-electron chi connectivity index (χ2n) is 4.93. The van der Waals surface area contributed by atoms with Crippen molar-refractivity contribution in [2.24, 2.45) is 0 Å². The number of ether oxygens (including phenoxy) is 1. The number of rotatable bonds is 4. The van der Waals surface area contributed by atoms with Gasteiger partial charge in [-0.25, -0.2) is 0 Å². The average Bonchev–Trinajstić information content (AvgIpc) is 2.48. The fourth-order valence-electron chi connectivity index (χ4n) is 2.10. The monoisotopic (exact) mass is 300 g/mol. The number of benzene rings is 2.